The van der Waals surface area contributed by atoms with Gasteiger partial charge in [0.2, 0.25) is 10.0 Å². The van der Waals surface area contributed by atoms with Crippen molar-refractivity contribution in [3.05, 3.63) is 65.2 Å². The number of carbonyl (C=O) groups is 1. The van der Waals surface area contributed by atoms with E-state index in [9.17, 15) is 31.5 Å². The Balaban J connectivity index is 2.06. The summed E-state index contributed by atoms with van der Waals surface area (Å²) in [5.74, 6) is 1.44. The number of nitrogens with one attached hydrogen (secondary N) is 2. The summed E-state index contributed by atoms with van der Waals surface area (Å²) >= 11 is 0. The molecule has 154 valence electrons. The van der Waals surface area contributed by atoms with Gasteiger partial charge in [0.05, 0.1) is 23.1 Å². The fraction of sp³-hybridized carbons (Fsp3) is 0.211. The first-order valence-electron chi connectivity index (χ1n) is 8.22. The minimum absolute atomic E-state index is 0.0669. The first-order chi connectivity index (χ1) is 13.6. The molecule has 0 saturated heterocycles. The Hall–Kier alpha value is -2.87. The zero-order valence-corrected chi connectivity index (χ0v) is 15.7. The Morgan fingerprint density at radius 3 is 2.34 bits per heavy atom. The van der Waals surface area contributed by atoms with Gasteiger partial charge in [-0.05, 0) is 35.9 Å². The fourth-order valence-electron chi connectivity index (χ4n) is 2.45. The molecule has 0 aliphatic heterocycles. The van der Waals surface area contributed by atoms with Crippen LogP contribution in [0.3, 0.4) is 0 Å². The molecule has 0 aromatic heterocycles. The fourth-order valence-corrected chi connectivity index (χ4v) is 3.39. The van der Waals surface area contributed by atoms with E-state index in [4.69, 9.17) is 6.42 Å². The molecule has 2 aromatic carbocycles. The zero-order chi connectivity index (χ0) is 21.7. The molecule has 6 nitrogen and oxygen atoms in total. The highest BCUT2D eigenvalue weighted by Gasteiger charge is 2.34. The summed E-state index contributed by atoms with van der Waals surface area (Å²) in [6, 6.07) is 9.35. The third kappa shape index (κ3) is 5.80. The van der Waals surface area contributed by atoms with Crippen LogP contribution in [0.25, 0.3) is 0 Å². The number of alkyl halides is 3. The minimum atomic E-state index is -4.64. The van der Waals surface area contributed by atoms with Gasteiger partial charge in [-0.3, -0.25) is 4.79 Å². The van der Waals surface area contributed by atoms with E-state index >= 15 is 0 Å². The molecule has 3 N–H and O–H groups in total. The van der Waals surface area contributed by atoms with Gasteiger partial charge in [0.1, 0.15) is 0 Å². The van der Waals surface area contributed by atoms with E-state index in [0.29, 0.717) is 0 Å². The van der Waals surface area contributed by atoms with E-state index < -0.39 is 40.3 Å². The Kier molecular flexibility index (Phi) is 7.02. The number of aliphatic hydroxyl groups is 1. The smallest absolute Gasteiger partial charge is 0.387 e. The SMILES string of the molecule is C#CCNS(=O)(=O)c1ccc(C(=O)NCC(O)c2ccccc2C(F)(F)F)cc1. The Labute approximate surface area is 165 Å². The van der Waals surface area contributed by atoms with Gasteiger partial charge >= 0.3 is 6.18 Å². The lowest BCUT2D eigenvalue weighted by Crippen LogP contribution is -2.29. The summed E-state index contributed by atoms with van der Waals surface area (Å²) in [5, 5.41) is 12.4. The van der Waals surface area contributed by atoms with Crippen LogP contribution in [0.5, 0.6) is 0 Å². The van der Waals surface area contributed by atoms with Crippen molar-refractivity contribution in [1.82, 2.24) is 10.0 Å². The maximum absolute atomic E-state index is 13.0. The minimum Gasteiger partial charge on any atom is -0.387 e. The molecule has 29 heavy (non-hydrogen) atoms. The number of amides is 1. The predicted molar refractivity (Wildman–Crippen MR) is 99.2 cm³/mol. The third-order valence-corrected chi connectivity index (χ3v) is 5.29. The van der Waals surface area contributed by atoms with Gasteiger partial charge in [-0.15, -0.1) is 6.42 Å². The largest absolute Gasteiger partial charge is 0.416 e. The van der Waals surface area contributed by atoms with Crippen molar-refractivity contribution in [2.45, 2.75) is 17.2 Å². The van der Waals surface area contributed by atoms with Gasteiger partial charge in [-0.2, -0.15) is 17.9 Å². The van der Waals surface area contributed by atoms with E-state index in [1.54, 1.807) is 0 Å². The number of hydrogen-bond donors (Lipinski definition) is 3. The van der Waals surface area contributed by atoms with Crippen LogP contribution in [0.2, 0.25) is 0 Å². The van der Waals surface area contributed by atoms with Crippen LogP contribution in [0.15, 0.2) is 53.4 Å². The van der Waals surface area contributed by atoms with Crippen molar-refractivity contribution in [1.29, 1.82) is 0 Å². The van der Waals surface area contributed by atoms with Crippen LogP contribution in [0.1, 0.15) is 27.6 Å². The first kappa shape index (κ1) is 22.4. The lowest BCUT2D eigenvalue weighted by atomic mass is 10.0. The monoisotopic (exact) mass is 426 g/mol. The highest BCUT2D eigenvalue weighted by Crippen LogP contribution is 2.34. The molecular formula is C19H17F3N2O4S. The van der Waals surface area contributed by atoms with Gasteiger partial charge in [-0.25, -0.2) is 8.42 Å². The van der Waals surface area contributed by atoms with Gasteiger partial charge in [-0.1, -0.05) is 24.1 Å². The van der Waals surface area contributed by atoms with Gasteiger partial charge in [0, 0.05) is 12.1 Å². The van der Waals surface area contributed by atoms with E-state index in [0.717, 1.165) is 12.1 Å². The molecule has 0 aliphatic rings. The Morgan fingerprint density at radius 2 is 1.76 bits per heavy atom. The second-order valence-electron chi connectivity index (χ2n) is 5.86. The molecule has 0 spiro atoms. The molecule has 1 unspecified atom stereocenters. The summed E-state index contributed by atoms with van der Waals surface area (Å²) in [6.07, 6.45) is -1.22. The van der Waals surface area contributed by atoms with Crippen LogP contribution in [0, 0.1) is 12.3 Å². The third-order valence-electron chi connectivity index (χ3n) is 3.87. The number of rotatable bonds is 7. The highest BCUT2D eigenvalue weighted by atomic mass is 32.2. The van der Waals surface area contributed by atoms with Crippen molar-refractivity contribution in [3.8, 4) is 12.3 Å². The number of carbonyl (C=O) groups excluding carboxylic acids is 1. The normalized spacial score (nSPS) is 12.8. The number of terminal acetylenes is 1. The lowest BCUT2D eigenvalue weighted by Gasteiger charge is -2.18. The molecule has 0 saturated carbocycles. The summed E-state index contributed by atoms with van der Waals surface area (Å²) in [7, 11) is -3.82. The van der Waals surface area contributed by atoms with Crippen molar-refractivity contribution < 1.29 is 31.5 Å². The molecule has 1 atom stereocenters. The highest BCUT2D eigenvalue weighted by molar-refractivity contribution is 7.89. The van der Waals surface area contributed by atoms with Crippen LogP contribution in [-0.4, -0.2) is 32.5 Å². The second-order valence-corrected chi connectivity index (χ2v) is 7.63. The van der Waals surface area contributed by atoms with Crippen molar-refractivity contribution in [2.24, 2.45) is 0 Å². The Morgan fingerprint density at radius 1 is 1.14 bits per heavy atom. The van der Waals surface area contributed by atoms with Crippen LogP contribution in [0.4, 0.5) is 13.2 Å². The first-order valence-corrected chi connectivity index (χ1v) is 9.70. The summed E-state index contributed by atoms with van der Waals surface area (Å²) in [6.45, 7) is -0.655. The predicted octanol–water partition coefficient (Wildman–Crippen LogP) is 2.08. The summed E-state index contributed by atoms with van der Waals surface area (Å²) in [4.78, 5) is 12.1. The van der Waals surface area contributed by atoms with Crippen molar-refractivity contribution >= 4 is 15.9 Å². The standard InChI is InChI=1S/C19H17F3N2O4S/c1-2-11-24-29(27,28)14-9-7-13(8-10-14)18(26)23-12-17(25)15-5-3-4-6-16(15)19(20,21)22/h1,3-10,17,24-25H,11-12H2,(H,23,26). The van der Waals surface area contributed by atoms with Gasteiger partial charge in [0.15, 0.2) is 0 Å². The van der Waals surface area contributed by atoms with E-state index in [-0.39, 0.29) is 22.6 Å². The average molecular weight is 426 g/mol. The number of hydrogen-bond acceptors (Lipinski definition) is 4. The molecule has 10 heteroatoms. The number of benzene rings is 2. The van der Waals surface area contributed by atoms with E-state index in [1.807, 2.05) is 0 Å². The zero-order valence-electron chi connectivity index (χ0n) is 14.9. The Bertz CT molecular complexity index is 1010. The number of sulfonamides is 1. The molecule has 0 radical (unpaired) electrons. The van der Waals surface area contributed by atoms with Crippen molar-refractivity contribution in [2.75, 3.05) is 13.1 Å². The molecule has 1 amide bonds. The van der Waals surface area contributed by atoms with Crippen LogP contribution >= 0.6 is 0 Å². The summed E-state index contributed by atoms with van der Waals surface area (Å²) in [5.41, 5.74) is -1.28. The topological polar surface area (TPSA) is 95.5 Å². The van der Waals surface area contributed by atoms with Gasteiger partial charge < -0.3 is 10.4 Å². The molecule has 0 fully saturated rings. The molecule has 0 aliphatic carbocycles. The number of aliphatic hydroxyl groups excluding tert-OH is 1. The molecule has 0 bridgehead atoms. The maximum atomic E-state index is 13.0. The van der Waals surface area contributed by atoms with Crippen LogP contribution in [-0.2, 0) is 16.2 Å². The molecule has 2 rings (SSSR count). The quantitative estimate of drug-likeness (QED) is 0.591. The van der Waals surface area contributed by atoms with Gasteiger partial charge in [0.25, 0.3) is 5.91 Å². The average Bonchev–Trinajstić information content (AvgIpc) is 2.69. The van der Waals surface area contributed by atoms with Crippen molar-refractivity contribution in [3.63, 3.8) is 0 Å². The maximum Gasteiger partial charge on any atom is 0.416 e. The molecular weight excluding hydrogens is 409 g/mol. The molecule has 0 heterocycles. The van der Waals surface area contributed by atoms with Crippen LogP contribution < -0.4 is 10.0 Å². The van der Waals surface area contributed by atoms with E-state index in [2.05, 4.69) is 16.0 Å². The number of halogens is 3. The summed E-state index contributed by atoms with van der Waals surface area (Å²) < 4.78 is 65.1. The van der Waals surface area contributed by atoms with E-state index in [1.165, 1.54) is 36.4 Å². The lowest BCUT2D eigenvalue weighted by molar-refractivity contribution is -0.139. The second kappa shape index (κ2) is 9.09. The molecule has 2 aromatic rings.